The van der Waals surface area contributed by atoms with Gasteiger partial charge in [0.15, 0.2) is 0 Å². The van der Waals surface area contributed by atoms with Gasteiger partial charge in [-0.15, -0.1) is 11.6 Å². The minimum Gasteiger partial charge on any atom is -0.494 e. The fraction of sp³-hybridized carbons (Fsp3) is 0.552. The molecule has 3 unspecified atom stereocenters. The molecule has 4 nitrogen and oxygen atoms in total. The van der Waals surface area contributed by atoms with Crippen molar-refractivity contribution in [2.75, 3.05) is 13.2 Å². The number of alkyl halides is 1. The number of carbonyl (C=O) groups is 1. The van der Waals surface area contributed by atoms with Crippen LogP contribution in [0.4, 0.5) is 0 Å². The van der Waals surface area contributed by atoms with Crippen molar-refractivity contribution >= 4 is 17.6 Å². The number of carbonyl (C=O) groups excluding carboxylic acids is 1. The van der Waals surface area contributed by atoms with Crippen LogP contribution in [0.3, 0.4) is 0 Å². The predicted octanol–water partition coefficient (Wildman–Crippen LogP) is 8.06. The number of hydrogen-bond acceptors (Lipinski definition) is 4. The lowest BCUT2D eigenvalue weighted by molar-refractivity contribution is -0.150. The molecule has 188 valence electrons. The third kappa shape index (κ3) is 9.97. The van der Waals surface area contributed by atoms with Crippen molar-refractivity contribution < 1.29 is 19.0 Å². The van der Waals surface area contributed by atoms with Crippen molar-refractivity contribution in [3.8, 4) is 22.6 Å². The Bertz CT molecular complexity index is 819. The van der Waals surface area contributed by atoms with Crippen molar-refractivity contribution in [1.29, 1.82) is 0 Å². The molecule has 0 aromatic heterocycles. The zero-order chi connectivity index (χ0) is 24.8. The number of rotatable bonds is 16. The maximum absolute atomic E-state index is 12.1. The van der Waals surface area contributed by atoms with Crippen LogP contribution in [-0.2, 0) is 9.53 Å². The molecule has 0 spiro atoms. The molecule has 2 aromatic carbocycles. The zero-order valence-electron chi connectivity index (χ0n) is 21.2. The van der Waals surface area contributed by atoms with E-state index < -0.39 is 5.38 Å². The van der Waals surface area contributed by atoms with Gasteiger partial charge in [0.2, 0.25) is 0 Å². The van der Waals surface area contributed by atoms with Crippen molar-refractivity contribution in [3.63, 3.8) is 0 Å². The Hall–Kier alpha value is -2.20. The highest BCUT2D eigenvalue weighted by atomic mass is 35.5. The molecule has 0 amide bonds. The Balaban J connectivity index is 1.75. The summed E-state index contributed by atoms with van der Waals surface area (Å²) in [5.74, 6) is 1.33. The quantitative estimate of drug-likeness (QED) is 0.136. The lowest BCUT2D eigenvalue weighted by Crippen LogP contribution is -2.30. The van der Waals surface area contributed by atoms with Gasteiger partial charge in [0.25, 0.3) is 0 Å². The van der Waals surface area contributed by atoms with Crippen molar-refractivity contribution in [1.82, 2.24) is 0 Å². The van der Waals surface area contributed by atoms with E-state index in [1.165, 1.54) is 32.1 Å². The second-order valence-corrected chi connectivity index (χ2v) is 9.48. The molecule has 0 saturated carbocycles. The summed E-state index contributed by atoms with van der Waals surface area (Å²) in [5, 5.41) is -0.626. The Kier molecular flexibility index (Phi) is 12.9. The van der Waals surface area contributed by atoms with E-state index in [-0.39, 0.29) is 24.6 Å². The summed E-state index contributed by atoms with van der Waals surface area (Å²) in [4.78, 5) is 12.1. The zero-order valence-corrected chi connectivity index (χ0v) is 22.0. The van der Waals surface area contributed by atoms with E-state index >= 15 is 0 Å². The van der Waals surface area contributed by atoms with Crippen LogP contribution in [-0.4, -0.2) is 30.7 Å². The van der Waals surface area contributed by atoms with E-state index in [1.807, 2.05) is 57.2 Å². The molecule has 2 aromatic rings. The highest BCUT2D eigenvalue weighted by Gasteiger charge is 2.24. The SMILES string of the molecule is CCCCCCCCOc1ccc(-c2ccc(OCC(C)OC(=O)C(Cl)C(C)CC)cc2)cc1. The van der Waals surface area contributed by atoms with Crippen LogP contribution in [0.1, 0.15) is 72.6 Å². The van der Waals surface area contributed by atoms with E-state index in [9.17, 15) is 4.79 Å². The highest BCUT2D eigenvalue weighted by Crippen LogP contribution is 2.25. The molecule has 0 heterocycles. The minimum absolute atomic E-state index is 0.0794. The lowest BCUT2D eigenvalue weighted by atomic mass is 10.1. The Morgan fingerprint density at radius 3 is 1.88 bits per heavy atom. The monoisotopic (exact) mass is 488 g/mol. The summed E-state index contributed by atoms with van der Waals surface area (Å²) in [6, 6.07) is 16.1. The minimum atomic E-state index is -0.626. The molecule has 0 N–H and O–H groups in total. The number of esters is 1. The van der Waals surface area contributed by atoms with Crippen LogP contribution in [0.25, 0.3) is 11.1 Å². The summed E-state index contributed by atoms with van der Waals surface area (Å²) in [6.45, 7) is 9.04. The molecule has 0 aliphatic heterocycles. The predicted molar refractivity (Wildman–Crippen MR) is 141 cm³/mol. The maximum Gasteiger partial charge on any atom is 0.324 e. The number of unbranched alkanes of at least 4 members (excludes halogenated alkanes) is 5. The molecule has 0 saturated heterocycles. The van der Waals surface area contributed by atoms with Gasteiger partial charge in [0.05, 0.1) is 6.61 Å². The third-order valence-corrected chi connectivity index (χ3v) is 6.59. The molecule has 2 rings (SSSR count). The van der Waals surface area contributed by atoms with Gasteiger partial charge in [-0.1, -0.05) is 83.6 Å². The van der Waals surface area contributed by atoms with Crippen molar-refractivity contribution in [2.24, 2.45) is 5.92 Å². The molecule has 0 aliphatic carbocycles. The second-order valence-electron chi connectivity index (χ2n) is 9.01. The van der Waals surface area contributed by atoms with Crippen LogP contribution in [0.2, 0.25) is 0 Å². The largest absolute Gasteiger partial charge is 0.494 e. The number of hydrogen-bond donors (Lipinski definition) is 0. The van der Waals surface area contributed by atoms with Gasteiger partial charge in [-0.2, -0.15) is 0 Å². The van der Waals surface area contributed by atoms with Gasteiger partial charge >= 0.3 is 5.97 Å². The molecule has 0 aliphatic rings. The smallest absolute Gasteiger partial charge is 0.324 e. The van der Waals surface area contributed by atoms with Gasteiger partial charge in [-0.3, -0.25) is 4.79 Å². The molecule has 0 bridgehead atoms. The average Bonchev–Trinajstić information content (AvgIpc) is 2.86. The molecular weight excluding hydrogens is 448 g/mol. The maximum atomic E-state index is 12.1. The first-order chi connectivity index (χ1) is 16.4. The van der Waals surface area contributed by atoms with Gasteiger partial charge in [-0.05, 0) is 54.7 Å². The van der Waals surface area contributed by atoms with Crippen LogP contribution >= 0.6 is 11.6 Å². The van der Waals surface area contributed by atoms with Crippen LogP contribution < -0.4 is 9.47 Å². The third-order valence-electron chi connectivity index (χ3n) is 5.98. The fourth-order valence-corrected chi connectivity index (χ4v) is 3.74. The molecule has 3 atom stereocenters. The summed E-state index contributed by atoms with van der Waals surface area (Å²) in [5.41, 5.74) is 2.23. The first kappa shape index (κ1) is 28.0. The Labute approximate surface area is 210 Å². The van der Waals surface area contributed by atoms with Crippen LogP contribution in [0.15, 0.2) is 48.5 Å². The Morgan fingerprint density at radius 2 is 1.32 bits per heavy atom. The number of ether oxygens (including phenoxy) is 3. The van der Waals surface area contributed by atoms with E-state index in [0.717, 1.165) is 42.1 Å². The van der Waals surface area contributed by atoms with Crippen LogP contribution in [0.5, 0.6) is 11.5 Å². The molecule has 5 heteroatoms. The van der Waals surface area contributed by atoms with Crippen LogP contribution in [0, 0.1) is 5.92 Å². The normalized spacial score (nSPS) is 13.7. The summed E-state index contributed by atoms with van der Waals surface area (Å²) >= 11 is 6.16. The highest BCUT2D eigenvalue weighted by molar-refractivity contribution is 6.30. The van der Waals surface area contributed by atoms with E-state index in [4.69, 9.17) is 25.8 Å². The second kappa shape index (κ2) is 15.7. The average molecular weight is 489 g/mol. The summed E-state index contributed by atoms with van der Waals surface area (Å²) in [6.07, 6.45) is 8.03. The van der Waals surface area contributed by atoms with Gasteiger partial charge in [0, 0.05) is 0 Å². The van der Waals surface area contributed by atoms with E-state index in [1.54, 1.807) is 0 Å². The molecule has 0 radical (unpaired) electrons. The number of halogens is 1. The number of benzene rings is 2. The van der Waals surface area contributed by atoms with Gasteiger partial charge in [0.1, 0.15) is 29.6 Å². The van der Waals surface area contributed by atoms with E-state index in [0.29, 0.717) is 0 Å². The van der Waals surface area contributed by atoms with Crippen molar-refractivity contribution in [3.05, 3.63) is 48.5 Å². The Morgan fingerprint density at radius 1 is 0.794 bits per heavy atom. The topological polar surface area (TPSA) is 44.8 Å². The van der Waals surface area contributed by atoms with Gasteiger partial charge < -0.3 is 14.2 Å². The first-order valence-electron chi connectivity index (χ1n) is 12.7. The van der Waals surface area contributed by atoms with Gasteiger partial charge in [-0.25, -0.2) is 0 Å². The summed E-state index contributed by atoms with van der Waals surface area (Å²) < 4.78 is 17.1. The first-order valence-corrected chi connectivity index (χ1v) is 13.2. The lowest BCUT2D eigenvalue weighted by Gasteiger charge is -2.19. The molecule has 0 fully saturated rings. The fourth-order valence-electron chi connectivity index (χ4n) is 3.51. The molecule has 34 heavy (non-hydrogen) atoms. The summed E-state index contributed by atoms with van der Waals surface area (Å²) in [7, 11) is 0. The van der Waals surface area contributed by atoms with Crippen molar-refractivity contribution in [2.45, 2.75) is 84.1 Å². The standard InChI is InChI=1S/C29H41ClO4/c1-5-7-8-9-10-11-20-32-26-16-12-24(13-17-26)25-14-18-27(19-15-25)33-21-23(4)34-29(31)28(30)22(3)6-2/h12-19,22-23,28H,5-11,20-21H2,1-4H3. The molecular formula is C29H41ClO4. The van der Waals surface area contributed by atoms with E-state index in [2.05, 4.69) is 19.1 Å².